The second-order valence-electron chi connectivity index (χ2n) is 11.2. The summed E-state index contributed by atoms with van der Waals surface area (Å²) in [6, 6.07) is 0.0376. The number of urea groups is 1. The zero-order valence-corrected chi connectivity index (χ0v) is 20.8. The van der Waals surface area contributed by atoms with Crippen LogP contribution in [0.2, 0.25) is 0 Å². The number of rotatable bonds is 6. The number of likely N-dealkylation sites (tertiary alicyclic amines) is 4. The summed E-state index contributed by atoms with van der Waals surface area (Å²) in [5.74, 6) is 0. The molecule has 32 heavy (non-hydrogen) atoms. The van der Waals surface area contributed by atoms with Gasteiger partial charge in [-0.05, 0) is 118 Å². The molecule has 0 spiro atoms. The molecule has 7 heteroatoms. The number of amides is 2. The predicted octanol–water partition coefficient (Wildman–Crippen LogP) is 2.19. The van der Waals surface area contributed by atoms with E-state index in [0.29, 0.717) is 0 Å². The fourth-order valence-corrected chi connectivity index (χ4v) is 6.57. The van der Waals surface area contributed by atoms with Gasteiger partial charge in [0.2, 0.25) is 0 Å². The van der Waals surface area contributed by atoms with Gasteiger partial charge < -0.3 is 20.4 Å². The summed E-state index contributed by atoms with van der Waals surface area (Å²) in [6.45, 7) is 10.9. The normalized spacial score (nSPS) is 28.3. The highest BCUT2D eigenvalue weighted by molar-refractivity contribution is 5.74. The molecule has 0 aromatic carbocycles. The van der Waals surface area contributed by atoms with E-state index in [1.807, 2.05) is 0 Å². The van der Waals surface area contributed by atoms with Crippen LogP contribution >= 0.6 is 0 Å². The second-order valence-corrected chi connectivity index (χ2v) is 11.2. The summed E-state index contributed by atoms with van der Waals surface area (Å²) in [7, 11) is 4.45. The average Bonchev–Trinajstić information content (AvgIpc) is 2.85. The Hall–Kier alpha value is -0.890. The molecular weight excluding hydrogens is 400 g/mol. The lowest BCUT2D eigenvalue weighted by Crippen LogP contribution is -2.64. The molecule has 4 aliphatic rings. The Kier molecular flexibility index (Phi) is 8.35. The van der Waals surface area contributed by atoms with E-state index in [-0.39, 0.29) is 17.1 Å². The third-order valence-corrected chi connectivity index (χ3v) is 9.05. The van der Waals surface area contributed by atoms with Crippen molar-refractivity contribution in [3.05, 3.63) is 0 Å². The molecule has 2 amide bonds. The lowest BCUT2D eigenvalue weighted by molar-refractivity contribution is 0.0128. The Balaban J connectivity index is 1.34. The van der Waals surface area contributed by atoms with Gasteiger partial charge in [0.15, 0.2) is 0 Å². The van der Waals surface area contributed by atoms with Crippen LogP contribution in [0.15, 0.2) is 0 Å². The smallest absolute Gasteiger partial charge is 0.314 e. The molecule has 0 saturated carbocycles. The zero-order chi connectivity index (χ0) is 22.4. The van der Waals surface area contributed by atoms with Gasteiger partial charge in [-0.25, -0.2) is 4.79 Å². The van der Waals surface area contributed by atoms with Crippen LogP contribution in [-0.2, 0) is 0 Å². The van der Waals surface area contributed by atoms with Gasteiger partial charge in [0.1, 0.15) is 0 Å². The van der Waals surface area contributed by atoms with E-state index in [4.69, 9.17) is 0 Å². The van der Waals surface area contributed by atoms with Crippen molar-refractivity contribution in [1.29, 1.82) is 0 Å². The minimum atomic E-state index is 0.0376. The van der Waals surface area contributed by atoms with Gasteiger partial charge in [-0.2, -0.15) is 0 Å². The largest absolute Gasteiger partial charge is 0.336 e. The van der Waals surface area contributed by atoms with Gasteiger partial charge in [-0.15, -0.1) is 0 Å². The van der Waals surface area contributed by atoms with Crippen LogP contribution in [0.1, 0.15) is 64.2 Å². The highest BCUT2D eigenvalue weighted by atomic mass is 16.2. The minimum absolute atomic E-state index is 0.0376. The minimum Gasteiger partial charge on any atom is -0.336 e. The molecule has 4 fully saturated rings. The number of nitrogens with one attached hydrogen (secondary N) is 2. The molecule has 0 aliphatic carbocycles. The Labute approximate surface area is 196 Å². The highest BCUT2D eigenvalue weighted by Gasteiger charge is 2.41. The van der Waals surface area contributed by atoms with E-state index in [2.05, 4.69) is 44.3 Å². The molecule has 0 bridgehead atoms. The molecule has 0 radical (unpaired) electrons. The Morgan fingerprint density at radius 2 is 0.938 bits per heavy atom. The van der Waals surface area contributed by atoms with Crippen LogP contribution in [0.25, 0.3) is 0 Å². The van der Waals surface area contributed by atoms with Crippen LogP contribution in [0.5, 0.6) is 0 Å². The Morgan fingerprint density at radius 1 is 0.594 bits per heavy atom. The van der Waals surface area contributed by atoms with Gasteiger partial charge in [0, 0.05) is 24.2 Å². The fourth-order valence-electron chi connectivity index (χ4n) is 6.57. The summed E-state index contributed by atoms with van der Waals surface area (Å²) >= 11 is 0. The van der Waals surface area contributed by atoms with Crippen molar-refractivity contribution in [2.75, 3.05) is 79.5 Å². The summed E-state index contributed by atoms with van der Waals surface area (Å²) < 4.78 is 0. The molecule has 4 rings (SSSR count). The Bertz CT molecular complexity index is 535. The molecule has 4 saturated heterocycles. The number of carbonyl (C=O) groups is 1. The lowest BCUT2D eigenvalue weighted by Gasteiger charge is -2.50. The monoisotopic (exact) mass is 448 g/mol. The maximum absolute atomic E-state index is 13.0. The standard InChI is InChI=1S/C25H48N6O/c1-28-17-9-24(10-18-28,30-13-5-3-6-14-30)21-26-23(32)27-22-25(11-19-29(2)20-12-25)31-15-7-4-8-16-31/h3-22H2,1-2H3,(H2,26,27,32). The molecule has 4 aliphatic heterocycles. The SMILES string of the molecule is CN1CCC(CNC(=O)NCC2(N3CCCCC3)CCN(C)CC2)(N2CCCCC2)CC1. The first-order chi connectivity index (χ1) is 15.5. The molecule has 184 valence electrons. The Morgan fingerprint density at radius 3 is 1.28 bits per heavy atom. The summed E-state index contributed by atoms with van der Waals surface area (Å²) in [5, 5.41) is 6.67. The van der Waals surface area contributed by atoms with E-state index in [1.165, 1.54) is 64.7 Å². The molecule has 0 aromatic rings. The van der Waals surface area contributed by atoms with E-state index in [1.54, 1.807) is 0 Å². The van der Waals surface area contributed by atoms with E-state index >= 15 is 0 Å². The lowest BCUT2D eigenvalue weighted by atomic mass is 9.83. The predicted molar refractivity (Wildman–Crippen MR) is 131 cm³/mol. The van der Waals surface area contributed by atoms with E-state index in [9.17, 15) is 4.79 Å². The topological polar surface area (TPSA) is 54.1 Å². The second kappa shape index (κ2) is 11.0. The van der Waals surface area contributed by atoms with Gasteiger partial charge in [-0.1, -0.05) is 12.8 Å². The van der Waals surface area contributed by atoms with Gasteiger partial charge in [-0.3, -0.25) is 9.80 Å². The van der Waals surface area contributed by atoms with Crippen LogP contribution < -0.4 is 10.6 Å². The first kappa shape index (κ1) is 24.2. The van der Waals surface area contributed by atoms with Crippen molar-refractivity contribution >= 4 is 6.03 Å². The number of piperidine rings is 4. The quantitative estimate of drug-likeness (QED) is 0.652. The van der Waals surface area contributed by atoms with Crippen LogP contribution in [-0.4, -0.2) is 116 Å². The maximum Gasteiger partial charge on any atom is 0.314 e. The van der Waals surface area contributed by atoms with Crippen molar-refractivity contribution < 1.29 is 4.79 Å². The van der Waals surface area contributed by atoms with E-state index < -0.39 is 0 Å². The van der Waals surface area contributed by atoms with Gasteiger partial charge >= 0.3 is 6.03 Å². The van der Waals surface area contributed by atoms with Crippen LogP contribution in [0.3, 0.4) is 0 Å². The van der Waals surface area contributed by atoms with Gasteiger partial charge in [0.25, 0.3) is 0 Å². The van der Waals surface area contributed by atoms with Crippen LogP contribution in [0.4, 0.5) is 4.79 Å². The summed E-state index contributed by atoms with van der Waals surface area (Å²) in [5.41, 5.74) is 0.282. The molecule has 2 N–H and O–H groups in total. The van der Waals surface area contributed by atoms with Crippen molar-refractivity contribution in [2.24, 2.45) is 0 Å². The summed E-state index contributed by atoms with van der Waals surface area (Å²) in [4.78, 5) is 23.3. The first-order valence-corrected chi connectivity index (χ1v) is 13.4. The molecule has 7 nitrogen and oxygen atoms in total. The van der Waals surface area contributed by atoms with Gasteiger partial charge in [0.05, 0.1) is 0 Å². The molecule has 4 heterocycles. The van der Waals surface area contributed by atoms with Crippen molar-refractivity contribution in [1.82, 2.24) is 30.2 Å². The van der Waals surface area contributed by atoms with Crippen molar-refractivity contribution in [3.63, 3.8) is 0 Å². The third kappa shape index (κ3) is 5.78. The molecule has 0 unspecified atom stereocenters. The van der Waals surface area contributed by atoms with Crippen molar-refractivity contribution in [3.8, 4) is 0 Å². The summed E-state index contributed by atoms with van der Waals surface area (Å²) in [6.07, 6.45) is 12.6. The molecular formula is C25H48N6O. The number of nitrogens with zero attached hydrogens (tertiary/aromatic N) is 4. The number of carbonyl (C=O) groups excluding carboxylic acids is 1. The molecule has 0 atom stereocenters. The highest BCUT2D eigenvalue weighted by Crippen LogP contribution is 2.32. The van der Waals surface area contributed by atoms with Crippen LogP contribution in [0, 0.1) is 0 Å². The maximum atomic E-state index is 13.0. The van der Waals surface area contributed by atoms with Crippen molar-refractivity contribution in [2.45, 2.75) is 75.3 Å². The van der Waals surface area contributed by atoms with E-state index in [0.717, 1.165) is 65.0 Å². The number of hydrogen-bond acceptors (Lipinski definition) is 5. The fraction of sp³-hybridized carbons (Fsp3) is 0.960. The number of hydrogen-bond donors (Lipinski definition) is 2. The average molecular weight is 449 g/mol. The molecule has 0 aromatic heterocycles. The third-order valence-electron chi connectivity index (χ3n) is 9.05. The zero-order valence-electron chi connectivity index (χ0n) is 20.8. The first-order valence-electron chi connectivity index (χ1n) is 13.4.